The lowest BCUT2D eigenvalue weighted by Crippen LogP contribution is -2.30. The number of allylic oxidation sites excluding steroid dienone is 20. The molecule has 2 N–H and O–H groups in total. The van der Waals surface area contributed by atoms with E-state index in [0.717, 1.165) is 77.0 Å². The molecule has 0 rings (SSSR count). The van der Waals surface area contributed by atoms with Crippen molar-refractivity contribution in [3.8, 4) is 0 Å². The van der Waals surface area contributed by atoms with Crippen LogP contribution in [0.5, 0.6) is 0 Å². The number of hydrogen-bond donors (Lipinski definition) is 2. The van der Waals surface area contributed by atoms with E-state index in [2.05, 4.69) is 118 Å². The van der Waals surface area contributed by atoms with Crippen LogP contribution in [0.1, 0.15) is 226 Å². The van der Waals surface area contributed by atoms with Gasteiger partial charge in [0.2, 0.25) is 0 Å². The van der Waals surface area contributed by atoms with Crippen molar-refractivity contribution in [2.45, 2.75) is 238 Å². The van der Waals surface area contributed by atoms with Crippen LogP contribution in [0.3, 0.4) is 0 Å². The fourth-order valence-electron chi connectivity index (χ4n) is 7.46. The Labute approximate surface area is 462 Å². The van der Waals surface area contributed by atoms with E-state index in [1.807, 2.05) is 24.3 Å². The van der Waals surface area contributed by atoms with Gasteiger partial charge in [0.05, 0.1) is 19.8 Å². The summed E-state index contributed by atoms with van der Waals surface area (Å²) in [6.45, 7) is 4.26. The maximum atomic E-state index is 12.9. The number of phosphoric acid groups is 1. The summed E-state index contributed by atoms with van der Waals surface area (Å²) in [5.74, 6) is -1.63. The molecule has 432 valence electrons. The van der Waals surface area contributed by atoms with Gasteiger partial charge in [0, 0.05) is 19.3 Å². The average Bonchev–Trinajstić information content (AvgIpc) is 3.41. The van der Waals surface area contributed by atoms with E-state index in [0.29, 0.717) is 25.7 Å². The molecule has 0 spiro atoms. The molecule has 0 radical (unpaired) electrons. The van der Waals surface area contributed by atoms with Gasteiger partial charge in [-0.1, -0.05) is 219 Å². The molecule has 0 amide bonds. The van der Waals surface area contributed by atoms with Gasteiger partial charge in [-0.3, -0.25) is 23.4 Å². The molecule has 12 heteroatoms. The number of aliphatic hydroxyl groups excluding tert-OH is 1. The van der Waals surface area contributed by atoms with Gasteiger partial charge in [0.15, 0.2) is 6.10 Å². The highest BCUT2D eigenvalue weighted by molar-refractivity contribution is 7.47. The molecule has 0 aliphatic heterocycles. The Hall–Kier alpha value is -4.12. The summed E-state index contributed by atoms with van der Waals surface area (Å²) in [5, 5.41) is 9.79. The van der Waals surface area contributed by atoms with Crippen LogP contribution in [0.25, 0.3) is 0 Å². The van der Waals surface area contributed by atoms with Crippen LogP contribution in [0.4, 0.5) is 0 Å². The monoisotopic (exact) mass is 1080 g/mol. The number of aliphatic hydroxyl groups is 1. The predicted molar refractivity (Wildman–Crippen MR) is 316 cm³/mol. The SMILES string of the molecule is CC/C=C\C/C=C\C/C=C\C/C=C\C/C=C\CCCC(=O)OCC(COP(=O)(O)OCC(CO)OC(=O)CC/C=C\C/C=C\C/C=C\C/C=C\CC)OC(=O)CCCCCCCCCCC/C=C\CCCCCCCC. The zero-order chi connectivity index (χ0) is 55.5. The average molecular weight is 1080 g/mol. The first-order valence-corrected chi connectivity index (χ1v) is 30.9. The number of carbonyl (C=O) groups excluding carboxylic acids is 3. The summed E-state index contributed by atoms with van der Waals surface area (Å²) in [7, 11) is -4.79. The lowest BCUT2D eigenvalue weighted by atomic mass is 10.1. The van der Waals surface area contributed by atoms with Gasteiger partial charge in [-0.25, -0.2) is 4.57 Å². The van der Waals surface area contributed by atoms with Gasteiger partial charge in [-0.15, -0.1) is 0 Å². The number of carbonyl (C=O) groups is 3. The third kappa shape index (κ3) is 54.7. The molecular formula is C64H105O11P. The summed E-state index contributed by atoms with van der Waals surface area (Å²) >= 11 is 0. The summed E-state index contributed by atoms with van der Waals surface area (Å²) in [4.78, 5) is 48.5. The maximum absolute atomic E-state index is 12.9. The topological polar surface area (TPSA) is 155 Å². The van der Waals surface area contributed by atoms with Gasteiger partial charge in [0.1, 0.15) is 12.7 Å². The molecular weight excluding hydrogens is 976 g/mol. The van der Waals surface area contributed by atoms with Crippen molar-refractivity contribution in [2.24, 2.45) is 0 Å². The van der Waals surface area contributed by atoms with Gasteiger partial charge in [0.25, 0.3) is 0 Å². The predicted octanol–water partition coefficient (Wildman–Crippen LogP) is 17.6. The van der Waals surface area contributed by atoms with Crippen molar-refractivity contribution < 1.29 is 52.2 Å². The summed E-state index contributed by atoms with van der Waals surface area (Å²) in [6, 6.07) is 0. The molecule has 76 heavy (non-hydrogen) atoms. The third-order valence-electron chi connectivity index (χ3n) is 11.9. The number of ether oxygens (including phenoxy) is 3. The minimum Gasteiger partial charge on any atom is -0.462 e. The smallest absolute Gasteiger partial charge is 0.462 e. The molecule has 0 aromatic rings. The van der Waals surface area contributed by atoms with Crippen molar-refractivity contribution in [2.75, 3.05) is 26.4 Å². The van der Waals surface area contributed by atoms with E-state index >= 15 is 0 Å². The molecule has 0 aromatic heterocycles. The zero-order valence-corrected chi connectivity index (χ0v) is 48.6. The van der Waals surface area contributed by atoms with E-state index < -0.39 is 57.8 Å². The first-order valence-electron chi connectivity index (χ1n) is 29.4. The standard InChI is InChI=1S/C64H105O11P/c1-4-7-10-13-16-19-22-25-27-29-30-32-34-37-40-43-46-49-52-55-64(68)75-61(57-71-62(66)53-50-47-44-41-38-36-33-31-28-26-23-20-17-14-11-8-5-2)59-73-76(69,70)72-58-60(56-65)74-63(67)54-51-48-45-42-39-35-24-21-18-15-12-9-6-3/h8-9,11-12,17-18,20-21,25-28,33,35-36,39,41,44-45,48,60-61,65H,4-7,10,13-16,19,22-24,29-32,34,37-38,40,42-43,46-47,49-59H2,1-3H3,(H,69,70)/b11-8-,12-9-,20-17-,21-18-,27-25-,28-26-,36-33-,39-35-,44-41-,48-45-. The van der Waals surface area contributed by atoms with Gasteiger partial charge < -0.3 is 24.2 Å². The van der Waals surface area contributed by atoms with Gasteiger partial charge in [-0.05, 0) is 109 Å². The molecule has 11 nitrogen and oxygen atoms in total. The molecule has 0 heterocycles. The van der Waals surface area contributed by atoms with Gasteiger partial charge in [-0.2, -0.15) is 0 Å². The number of esters is 3. The van der Waals surface area contributed by atoms with E-state index in [9.17, 15) is 28.9 Å². The van der Waals surface area contributed by atoms with E-state index in [1.165, 1.54) is 83.5 Å². The molecule has 0 aliphatic rings. The normalized spacial score (nSPS) is 14.2. The van der Waals surface area contributed by atoms with Crippen LogP contribution in [0, 0.1) is 0 Å². The molecule has 0 fully saturated rings. The van der Waals surface area contributed by atoms with E-state index in [-0.39, 0.29) is 25.9 Å². The molecule has 0 saturated carbocycles. The minimum atomic E-state index is -4.79. The van der Waals surface area contributed by atoms with Crippen molar-refractivity contribution in [3.63, 3.8) is 0 Å². The summed E-state index contributed by atoms with van der Waals surface area (Å²) < 4.78 is 39.4. The second-order valence-corrected chi connectivity index (χ2v) is 20.5. The zero-order valence-electron chi connectivity index (χ0n) is 47.7. The lowest BCUT2D eigenvalue weighted by Gasteiger charge is -2.21. The van der Waals surface area contributed by atoms with Crippen LogP contribution in [0.15, 0.2) is 122 Å². The van der Waals surface area contributed by atoms with Crippen LogP contribution >= 0.6 is 7.82 Å². The highest BCUT2D eigenvalue weighted by atomic mass is 31.2. The molecule has 0 aromatic carbocycles. The van der Waals surface area contributed by atoms with E-state index in [1.54, 1.807) is 0 Å². The summed E-state index contributed by atoms with van der Waals surface area (Å²) in [5.41, 5.74) is 0. The summed E-state index contributed by atoms with van der Waals surface area (Å²) in [6.07, 6.45) is 70.4. The number of unbranched alkanes of at least 4 members (excludes halogenated alkanes) is 16. The Morgan fingerprint density at radius 3 is 1.18 bits per heavy atom. The Bertz CT molecular complexity index is 1740. The molecule has 3 unspecified atom stereocenters. The number of phosphoric ester groups is 1. The van der Waals surface area contributed by atoms with Crippen molar-refractivity contribution in [3.05, 3.63) is 122 Å². The minimum absolute atomic E-state index is 0.0466. The second-order valence-electron chi connectivity index (χ2n) is 19.0. The van der Waals surface area contributed by atoms with Gasteiger partial charge >= 0.3 is 25.7 Å². The highest BCUT2D eigenvalue weighted by Gasteiger charge is 2.28. The fourth-order valence-corrected chi connectivity index (χ4v) is 8.24. The van der Waals surface area contributed by atoms with Crippen LogP contribution in [-0.4, -0.2) is 66.5 Å². The molecule has 0 saturated heterocycles. The quantitative estimate of drug-likeness (QED) is 0.0197. The first kappa shape index (κ1) is 71.9. The molecule has 0 bridgehead atoms. The maximum Gasteiger partial charge on any atom is 0.472 e. The lowest BCUT2D eigenvalue weighted by molar-refractivity contribution is -0.161. The van der Waals surface area contributed by atoms with Crippen molar-refractivity contribution in [1.82, 2.24) is 0 Å². The van der Waals surface area contributed by atoms with E-state index in [4.69, 9.17) is 23.3 Å². The molecule has 3 atom stereocenters. The van der Waals surface area contributed by atoms with Crippen molar-refractivity contribution >= 4 is 25.7 Å². The third-order valence-corrected chi connectivity index (χ3v) is 12.8. The Morgan fingerprint density at radius 1 is 0.382 bits per heavy atom. The Balaban J connectivity index is 4.87. The second kappa shape index (κ2) is 57.1. The fraction of sp³-hybridized carbons (Fsp3) is 0.641. The Kier molecular flexibility index (Phi) is 54.0. The Morgan fingerprint density at radius 2 is 0.724 bits per heavy atom. The number of hydrogen-bond acceptors (Lipinski definition) is 10. The van der Waals surface area contributed by atoms with Crippen molar-refractivity contribution in [1.29, 1.82) is 0 Å². The molecule has 0 aliphatic carbocycles. The highest BCUT2D eigenvalue weighted by Crippen LogP contribution is 2.43. The first-order chi connectivity index (χ1) is 37.2. The number of rotatable bonds is 53. The van der Waals surface area contributed by atoms with Crippen LogP contribution in [-0.2, 0) is 42.2 Å². The van der Waals surface area contributed by atoms with Crippen LogP contribution < -0.4 is 0 Å². The van der Waals surface area contributed by atoms with Crippen LogP contribution in [0.2, 0.25) is 0 Å². The largest absolute Gasteiger partial charge is 0.472 e.